The van der Waals surface area contributed by atoms with Gasteiger partial charge in [0, 0.05) is 11.3 Å². The Labute approximate surface area is 101 Å². The van der Waals surface area contributed by atoms with Crippen molar-refractivity contribution in [2.75, 3.05) is 5.73 Å². The summed E-state index contributed by atoms with van der Waals surface area (Å²) in [6.45, 7) is 0. The summed E-state index contributed by atoms with van der Waals surface area (Å²) in [5.74, 6) is -0.735. The maximum absolute atomic E-state index is 13.6. The minimum atomic E-state index is -4.53. The summed E-state index contributed by atoms with van der Waals surface area (Å²) in [4.78, 5) is 0. The number of benzene rings is 2. The van der Waals surface area contributed by atoms with Crippen molar-refractivity contribution in [2.24, 2.45) is 0 Å². The van der Waals surface area contributed by atoms with Gasteiger partial charge < -0.3 is 5.73 Å². The predicted molar refractivity (Wildman–Crippen MR) is 61.3 cm³/mol. The average Bonchev–Trinajstić information content (AvgIpc) is 2.31. The van der Waals surface area contributed by atoms with Crippen molar-refractivity contribution in [1.29, 1.82) is 0 Å². The van der Waals surface area contributed by atoms with Crippen LogP contribution in [0.25, 0.3) is 11.1 Å². The second-order valence-corrected chi connectivity index (χ2v) is 3.78. The van der Waals surface area contributed by atoms with Crippen LogP contribution in [0.4, 0.5) is 23.2 Å². The lowest BCUT2D eigenvalue weighted by molar-refractivity contribution is -0.137. The Hall–Kier alpha value is -2.04. The fourth-order valence-electron chi connectivity index (χ4n) is 1.71. The number of alkyl halides is 3. The van der Waals surface area contributed by atoms with E-state index in [4.69, 9.17) is 5.73 Å². The van der Waals surface area contributed by atoms with Crippen LogP contribution in [0.1, 0.15) is 5.56 Å². The van der Waals surface area contributed by atoms with Crippen molar-refractivity contribution in [3.05, 3.63) is 53.8 Å². The Morgan fingerprint density at radius 3 is 2.22 bits per heavy atom. The number of hydrogen-bond acceptors (Lipinski definition) is 1. The SMILES string of the molecule is Nc1ccc(F)c(-c2ccccc2C(F)(F)F)c1. The number of nitrogens with two attached hydrogens (primary N) is 1. The first-order chi connectivity index (χ1) is 8.39. The van der Waals surface area contributed by atoms with Crippen LogP contribution < -0.4 is 5.73 Å². The molecular weight excluding hydrogens is 246 g/mol. The molecule has 0 heterocycles. The number of nitrogen functional groups attached to an aromatic ring is 1. The third-order valence-electron chi connectivity index (χ3n) is 2.51. The maximum Gasteiger partial charge on any atom is 0.417 e. The Bertz CT molecular complexity index is 575. The molecule has 2 aromatic rings. The van der Waals surface area contributed by atoms with Crippen LogP contribution in [0.5, 0.6) is 0 Å². The largest absolute Gasteiger partial charge is 0.417 e. The van der Waals surface area contributed by atoms with Crippen LogP contribution in [0.2, 0.25) is 0 Å². The zero-order chi connectivity index (χ0) is 13.3. The number of anilines is 1. The third-order valence-corrected chi connectivity index (χ3v) is 2.51. The lowest BCUT2D eigenvalue weighted by Gasteiger charge is -2.13. The monoisotopic (exact) mass is 255 g/mol. The molecule has 5 heteroatoms. The first kappa shape index (κ1) is 12.4. The zero-order valence-electron chi connectivity index (χ0n) is 9.13. The Morgan fingerprint density at radius 2 is 1.56 bits per heavy atom. The van der Waals surface area contributed by atoms with Gasteiger partial charge in [-0.05, 0) is 29.8 Å². The Kier molecular flexibility index (Phi) is 2.98. The topological polar surface area (TPSA) is 26.0 Å². The summed E-state index contributed by atoms with van der Waals surface area (Å²) in [5.41, 5.74) is 4.44. The summed E-state index contributed by atoms with van der Waals surface area (Å²) < 4.78 is 52.0. The summed E-state index contributed by atoms with van der Waals surface area (Å²) in [7, 11) is 0. The second kappa shape index (κ2) is 4.33. The minimum Gasteiger partial charge on any atom is -0.399 e. The van der Waals surface area contributed by atoms with E-state index in [0.717, 1.165) is 12.1 Å². The van der Waals surface area contributed by atoms with Crippen LogP contribution in [0.3, 0.4) is 0 Å². The van der Waals surface area contributed by atoms with E-state index in [0.29, 0.717) is 0 Å². The van der Waals surface area contributed by atoms with Gasteiger partial charge in [0.2, 0.25) is 0 Å². The summed E-state index contributed by atoms with van der Waals surface area (Å²) in [5, 5.41) is 0. The first-order valence-electron chi connectivity index (χ1n) is 5.11. The summed E-state index contributed by atoms with van der Waals surface area (Å²) in [6.07, 6.45) is -4.53. The lowest BCUT2D eigenvalue weighted by Crippen LogP contribution is -2.07. The van der Waals surface area contributed by atoms with E-state index in [1.54, 1.807) is 0 Å². The molecular formula is C13H9F4N. The number of halogens is 4. The van der Waals surface area contributed by atoms with E-state index in [2.05, 4.69) is 0 Å². The average molecular weight is 255 g/mol. The minimum absolute atomic E-state index is 0.150. The molecule has 0 fully saturated rings. The van der Waals surface area contributed by atoms with Crippen molar-refractivity contribution in [2.45, 2.75) is 6.18 Å². The number of rotatable bonds is 1. The van der Waals surface area contributed by atoms with Gasteiger partial charge in [-0.25, -0.2) is 4.39 Å². The highest BCUT2D eigenvalue weighted by Gasteiger charge is 2.33. The molecule has 0 aromatic heterocycles. The van der Waals surface area contributed by atoms with Crippen LogP contribution in [0.15, 0.2) is 42.5 Å². The molecule has 0 aliphatic rings. The first-order valence-corrected chi connectivity index (χ1v) is 5.11. The molecule has 0 atom stereocenters. The molecule has 0 spiro atoms. The van der Waals surface area contributed by atoms with E-state index in [9.17, 15) is 17.6 Å². The normalized spacial score (nSPS) is 11.6. The highest BCUT2D eigenvalue weighted by Crippen LogP contribution is 2.38. The van der Waals surface area contributed by atoms with E-state index < -0.39 is 17.6 Å². The second-order valence-electron chi connectivity index (χ2n) is 3.78. The van der Waals surface area contributed by atoms with Gasteiger partial charge in [-0.1, -0.05) is 18.2 Å². The van der Waals surface area contributed by atoms with Crippen LogP contribution in [0, 0.1) is 5.82 Å². The smallest absolute Gasteiger partial charge is 0.399 e. The van der Waals surface area contributed by atoms with Gasteiger partial charge in [-0.3, -0.25) is 0 Å². The van der Waals surface area contributed by atoms with Crippen LogP contribution in [-0.4, -0.2) is 0 Å². The molecule has 94 valence electrons. The molecule has 2 aromatic carbocycles. The standard InChI is InChI=1S/C13H9F4N/c14-12-6-5-8(18)7-10(12)9-3-1-2-4-11(9)13(15,16)17/h1-7H,18H2. The molecule has 2 N–H and O–H groups in total. The Balaban J connectivity index is 2.68. The van der Waals surface area contributed by atoms with Gasteiger partial charge in [0.1, 0.15) is 5.82 Å². The molecule has 0 saturated heterocycles. The highest BCUT2D eigenvalue weighted by molar-refractivity contribution is 5.71. The van der Waals surface area contributed by atoms with Gasteiger partial charge in [0.25, 0.3) is 0 Å². The van der Waals surface area contributed by atoms with Gasteiger partial charge in [-0.15, -0.1) is 0 Å². The molecule has 0 aliphatic heterocycles. The van der Waals surface area contributed by atoms with Crippen molar-refractivity contribution in [3.63, 3.8) is 0 Å². The molecule has 0 amide bonds. The van der Waals surface area contributed by atoms with Crippen LogP contribution >= 0.6 is 0 Å². The molecule has 0 aliphatic carbocycles. The molecule has 2 rings (SSSR count). The fraction of sp³-hybridized carbons (Fsp3) is 0.0769. The number of hydrogen-bond donors (Lipinski definition) is 1. The third kappa shape index (κ3) is 2.30. The van der Waals surface area contributed by atoms with E-state index in [1.807, 2.05) is 0 Å². The lowest BCUT2D eigenvalue weighted by atomic mass is 9.98. The van der Waals surface area contributed by atoms with Crippen molar-refractivity contribution < 1.29 is 17.6 Å². The van der Waals surface area contributed by atoms with Gasteiger partial charge in [0.05, 0.1) is 5.56 Å². The van der Waals surface area contributed by atoms with Crippen LogP contribution in [-0.2, 0) is 6.18 Å². The van der Waals surface area contributed by atoms with E-state index in [-0.39, 0.29) is 16.8 Å². The molecule has 18 heavy (non-hydrogen) atoms. The molecule has 0 saturated carbocycles. The predicted octanol–water partition coefficient (Wildman–Crippen LogP) is 4.09. The maximum atomic E-state index is 13.6. The quantitative estimate of drug-likeness (QED) is 0.602. The molecule has 0 radical (unpaired) electrons. The van der Waals surface area contributed by atoms with Gasteiger partial charge in [-0.2, -0.15) is 13.2 Å². The Morgan fingerprint density at radius 1 is 0.889 bits per heavy atom. The van der Waals surface area contributed by atoms with Crippen molar-refractivity contribution >= 4 is 5.69 Å². The van der Waals surface area contributed by atoms with E-state index >= 15 is 0 Å². The molecule has 0 bridgehead atoms. The van der Waals surface area contributed by atoms with Gasteiger partial charge >= 0.3 is 6.18 Å². The fourth-order valence-corrected chi connectivity index (χ4v) is 1.71. The van der Waals surface area contributed by atoms with Crippen molar-refractivity contribution in [3.8, 4) is 11.1 Å². The molecule has 1 nitrogen and oxygen atoms in total. The highest BCUT2D eigenvalue weighted by atomic mass is 19.4. The summed E-state index contributed by atoms with van der Waals surface area (Å²) >= 11 is 0. The zero-order valence-corrected chi connectivity index (χ0v) is 9.13. The van der Waals surface area contributed by atoms with Gasteiger partial charge in [0.15, 0.2) is 0 Å². The summed E-state index contributed by atoms with van der Waals surface area (Å²) in [6, 6.07) is 8.37. The molecule has 0 unspecified atom stereocenters. The van der Waals surface area contributed by atoms with E-state index in [1.165, 1.54) is 30.3 Å². The van der Waals surface area contributed by atoms with Crippen molar-refractivity contribution in [1.82, 2.24) is 0 Å².